The molecular formula is C14H22N2O3. The fourth-order valence-corrected chi connectivity index (χ4v) is 2.58. The molecule has 0 spiro atoms. The number of furan rings is 1. The van der Waals surface area contributed by atoms with Crippen molar-refractivity contribution >= 4 is 5.91 Å². The van der Waals surface area contributed by atoms with Gasteiger partial charge in [0.25, 0.3) is 5.91 Å². The van der Waals surface area contributed by atoms with Gasteiger partial charge in [-0.25, -0.2) is 0 Å². The molecule has 1 aliphatic carbocycles. The molecule has 0 aliphatic heterocycles. The third-order valence-corrected chi connectivity index (χ3v) is 3.83. The van der Waals surface area contributed by atoms with Crippen LogP contribution in [0.15, 0.2) is 4.42 Å². The maximum absolute atomic E-state index is 12.3. The van der Waals surface area contributed by atoms with Gasteiger partial charge in [0.15, 0.2) is 0 Å². The van der Waals surface area contributed by atoms with Crippen LogP contribution in [0.4, 0.5) is 0 Å². The van der Waals surface area contributed by atoms with Gasteiger partial charge >= 0.3 is 0 Å². The Morgan fingerprint density at radius 3 is 2.58 bits per heavy atom. The molecule has 1 fully saturated rings. The molecule has 0 radical (unpaired) electrons. The summed E-state index contributed by atoms with van der Waals surface area (Å²) >= 11 is 0. The lowest BCUT2D eigenvalue weighted by molar-refractivity contribution is -0.0300. The smallest absolute Gasteiger partial charge is 0.255 e. The Bertz CT molecular complexity index is 479. The summed E-state index contributed by atoms with van der Waals surface area (Å²) in [5.74, 6) is 1.30. The number of rotatable bonds is 4. The number of nitrogens with one attached hydrogen (secondary N) is 1. The molecule has 0 aromatic carbocycles. The Morgan fingerprint density at radius 2 is 2.11 bits per heavy atom. The number of nitrogens with two attached hydrogens (primary N) is 1. The molecule has 1 saturated carbocycles. The second kappa shape index (κ2) is 5.35. The first kappa shape index (κ1) is 14.1. The van der Waals surface area contributed by atoms with Crippen molar-refractivity contribution in [3.05, 3.63) is 22.6 Å². The lowest BCUT2D eigenvalue weighted by Gasteiger charge is -2.42. The van der Waals surface area contributed by atoms with Crippen LogP contribution in [-0.4, -0.2) is 30.7 Å². The van der Waals surface area contributed by atoms with Crippen molar-refractivity contribution in [3.63, 3.8) is 0 Å². The van der Waals surface area contributed by atoms with Crippen molar-refractivity contribution in [2.75, 3.05) is 6.61 Å². The Kier molecular flexibility index (Phi) is 3.96. The molecule has 2 rings (SSSR count). The van der Waals surface area contributed by atoms with E-state index < -0.39 is 0 Å². The number of carbonyl (C=O) groups excluding carboxylic acids is 1. The lowest BCUT2D eigenvalue weighted by atomic mass is 9.83. The molecule has 5 heteroatoms. The zero-order valence-electron chi connectivity index (χ0n) is 11.9. The number of carbonyl (C=O) groups is 1. The molecule has 0 bridgehead atoms. The van der Waals surface area contributed by atoms with Gasteiger partial charge in [0.05, 0.1) is 17.7 Å². The summed E-state index contributed by atoms with van der Waals surface area (Å²) in [5, 5.41) is 2.96. The summed E-state index contributed by atoms with van der Waals surface area (Å²) in [4.78, 5) is 12.3. The summed E-state index contributed by atoms with van der Waals surface area (Å²) in [5.41, 5.74) is 7.44. The monoisotopic (exact) mass is 266 g/mol. The second-order valence-electron chi connectivity index (χ2n) is 5.11. The fraction of sp³-hybridized carbons (Fsp3) is 0.643. The van der Waals surface area contributed by atoms with E-state index in [2.05, 4.69) is 5.32 Å². The average Bonchev–Trinajstić information content (AvgIpc) is 2.60. The third kappa shape index (κ3) is 2.53. The Hall–Kier alpha value is -1.33. The Morgan fingerprint density at radius 1 is 1.42 bits per heavy atom. The molecule has 1 amide bonds. The van der Waals surface area contributed by atoms with E-state index in [9.17, 15) is 4.79 Å². The Labute approximate surface area is 113 Å². The van der Waals surface area contributed by atoms with E-state index in [4.69, 9.17) is 14.9 Å². The van der Waals surface area contributed by atoms with Crippen LogP contribution >= 0.6 is 0 Å². The predicted octanol–water partition coefficient (Wildman–Crippen LogP) is 1.44. The predicted molar refractivity (Wildman–Crippen MR) is 72.2 cm³/mol. The van der Waals surface area contributed by atoms with E-state index >= 15 is 0 Å². The Balaban J connectivity index is 2.08. The molecule has 5 nitrogen and oxygen atoms in total. The molecule has 3 atom stereocenters. The van der Waals surface area contributed by atoms with Crippen molar-refractivity contribution in [3.8, 4) is 0 Å². The minimum Gasteiger partial charge on any atom is -0.466 e. The molecule has 106 valence electrons. The summed E-state index contributed by atoms with van der Waals surface area (Å²) in [6, 6.07) is -0.143. The largest absolute Gasteiger partial charge is 0.466 e. The molecule has 1 aromatic rings. The number of ether oxygens (including phenoxy) is 1. The highest BCUT2D eigenvalue weighted by molar-refractivity contribution is 5.97. The maximum Gasteiger partial charge on any atom is 0.255 e. The maximum atomic E-state index is 12.3. The first-order valence-corrected chi connectivity index (χ1v) is 6.70. The van der Waals surface area contributed by atoms with Crippen molar-refractivity contribution < 1.29 is 13.9 Å². The average molecular weight is 266 g/mol. The highest BCUT2D eigenvalue weighted by Crippen LogP contribution is 2.25. The highest BCUT2D eigenvalue weighted by atomic mass is 16.5. The van der Waals surface area contributed by atoms with Crippen LogP contribution in [0.5, 0.6) is 0 Å². The van der Waals surface area contributed by atoms with Gasteiger partial charge in [-0.1, -0.05) is 0 Å². The van der Waals surface area contributed by atoms with Crippen LogP contribution in [0.1, 0.15) is 40.8 Å². The van der Waals surface area contributed by atoms with E-state index in [0.717, 1.165) is 17.7 Å². The fourth-order valence-electron chi connectivity index (χ4n) is 2.58. The first-order valence-electron chi connectivity index (χ1n) is 6.70. The first-order chi connectivity index (χ1) is 8.95. The number of amides is 1. The number of aryl methyl sites for hydroxylation is 2. The van der Waals surface area contributed by atoms with Crippen molar-refractivity contribution in [1.29, 1.82) is 0 Å². The van der Waals surface area contributed by atoms with Crippen LogP contribution in [0.3, 0.4) is 0 Å². The zero-order chi connectivity index (χ0) is 14.2. The van der Waals surface area contributed by atoms with Gasteiger partial charge < -0.3 is 20.2 Å². The lowest BCUT2D eigenvalue weighted by Crippen LogP contribution is -2.64. The van der Waals surface area contributed by atoms with Crippen LogP contribution in [0.25, 0.3) is 0 Å². The summed E-state index contributed by atoms with van der Waals surface area (Å²) in [7, 11) is 0. The van der Waals surface area contributed by atoms with Crippen molar-refractivity contribution in [1.82, 2.24) is 5.32 Å². The van der Waals surface area contributed by atoms with Gasteiger partial charge in [-0.3, -0.25) is 4.79 Å². The topological polar surface area (TPSA) is 77.5 Å². The minimum atomic E-state index is -0.128. The van der Waals surface area contributed by atoms with Crippen LogP contribution in [0.2, 0.25) is 0 Å². The van der Waals surface area contributed by atoms with Crippen LogP contribution in [0, 0.1) is 20.8 Å². The normalized spacial score (nSPS) is 26.1. The van der Waals surface area contributed by atoms with Gasteiger partial charge in [-0.2, -0.15) is 0 Å². The van der Waals surface area contributed by atoms with Gasteiger partial charge in [-0.15, -0.1) is 0 Å². The zero-order valence-corrected chi connectivity index (χ0v) is 11.9. The van der Waals surface area contributed by atoms with E-state index in [1.54, 1.807) is 6.92 Å². The van der Waals surface area contributed by atoms with E-state index in [-0.39, 0.29) is 24.1 Å². The molecular weight excluding hydrogens is 244 g/mol. The number of hydrogen-bond donors (Lipinski definition) is 2. The highest BCUT2D eigenvalue weighted by Gasteiger charge is 2.40. The standard InChI is InChI=1S/C14H22N2O3/c1-5-18-11-6-10(15)13(11)16-14(17)12-7(2)8(3)19-9(12)4/h10-11,13H,5-6,15H2,1-4H3,(H,16,17). The molecule has 1 aromatic heterocycles. The molecule has 3 N–H and O–H groups in total. The van der Waals surface area contributed by atoms with Gasteiger partial charge in [0, 0.05) is 18.2 Å². The number of hydrogen-bond acceptors (Lipinski definition) is 4. The van der Waals surface area contributed by atoms with Gasteiger partial charge in [-0.05, 0) is 34.1 Å². The van der Waals surface area contributed by atoms with E-state index in [0.29, 0.717) is 17.9 Å². The molecule has 19 heavy (non-hydrogen) atoms. The SMILES string of the molecule is CCOC1CC(N)C1NC(=O)c1c(C)oc(C)c1C. The van der Waals surface area contributed by atoms with Crippen molar-refractivity contribution in [2.24, 2.45) is 5.73 Å². The quantitative estimate of drug-likeness (QED) is 0.864. The van der Waals surface area contributed by atoms with Crippen molar-refractivity contribution in [2.45, 2.75) is 52.3 Å². The van der Waals surface area contributed by atoms with Gasteiger partial charge in [0.2, 0.25) is 0 Å². The summed E-state index contributed by atoms with van der Waals surface area (Å²) in [6.07, 6.45) is 0.818. The van der Waals surface area contributed by atoms with Crippen LogP contribution < -0.4 is 11.1 Å². The second-order valence-corrected chi connectivity index (χ2v) is 5.11. The minimum absolute atomic E-state index is 0.0255. The third-order valence-electron chi connectivity index (χ3n) is 3.83. The van der Waals surface area contributed by atoms with E-state index in [1.807, 2.05) is 20.8 Å². The van der Waals surface area contributed by atoms with E-state index in [1.165, 1.54) is 0 Å². The van der Waals surface area contributed by atoms with Crippen LogP contribution in [-0.2, 0) is 4.74 Å². The molecule has 3 unspecified atom stereocenters. The molecule has 1 heterocycles. The molecule has 0 saturated heterocycles. The summed E-state index contributed by atoms with van der Waals surface area (Å²) in [6.45, 7) is 8.12. The van der Waals surface area contributed by atoms with Gasteiger partial charge in [0.1, 0.15) is 11.5 Å². The summed E-state index contributed by atoms with van der Waals surface area (Å²) < 4.78 is 11.0. The molecule has 1 aliphatic rings.